The SMILES string of the molecule is S=C(SCc1ccccc1)N1CCCCC1. The van der Waals surface area contributed by atoms with E-state index in [1.165, 1.54) is 24.8 Å². The first-order valence-corrected chi connectivity index (χ1v) is 7.21. The monoisotopic (exact) mass is 251 g/mol. The lowest BCUT2D eigenvalue weighted by atomic mass is 10.1. The highest BCUT2D eigenvalue weighted by Crippen LogP contribution is 2.19. The zero-order valence-electron chi connectivity index (χ0n) is 9.39. The number of thioether (sulfide) groups is 1. The molecule has 1 aromatic rings. The van der Waals surface area contributed by atoms with Crippen molar-refractivity contribution in [3.63, 3.8) is 0 Å². The molecule has 2 rings (SSSR count). The smallest absolute Gasteiger partial charge is 0.136 e. The van der Waals surface area contributed by atoms with Crippen LogP contribution in [0.4, 0.5) is 0 Å². The summed E-state index contributed by atoms with van der Waals surface area (Å²) in [5, 5.41) is 0. The van der Waals surface area contributed by atoms with Gasteiger partial charge in [0.25, 0.3) is 0 Å². The van der Waals surface area contributed by atoms with Crippen molar-refractivity contribution in [2.75, 3.05) is 13.1 Å². The summed E-state index contributed by atoms with van der Waals surface area (Å²) in [6.45, 7) is 2.31. The number of likely N-dealkylation sites (tertiary alicyclic amines) is 1. The van der Waals surface area contributed by atoms with Gasteiger partial charge in [0.1, 0.15) is 4.32 Å². The molecule has 0 bridgehead atoms. The quantitative estimate of drug-likeness (QED) is 0.738. The predicted molar refractivity (Wildman–Crippen MR) is 75.8 cm³/mol. The maximum atomic E-state index is 5.46. The lowest BCUT2D eigenvalue weighted by molar-refractivity contribution is 0.352. The molecule has 0 atom stereocenters. The summed E-state index contributed by atoms with van der Waals surface area (Å²) in [5.74, 6) is 0.996. The van der Waals surface area contributed by atoms with Crippen LogP contribution in [0.3, 0.4) is 0 Å². The molecular formula is C13H17NS2. The second-order valence-electron chi connectivity index (χ2n) is 4.09. The zero-order chi connectivity index (χ0) is 11.2. The maximum Gasteiger partial charge on any atom is 0.136 e. The molecule has 1 aliphatic rings. The van der Waals surface area contributed by atoms with Crippen molar-refractivity contribution in [1.82, 2.24) is 4.90 Å². The fourth-order valence-corrected chi connectivity index (χ4v) is 3.09. The van der Waals surface area contributed by atoms with E-state index >= 15 is 0 Å². The number of benzene rings is 1. The van der Waals surface area contributed by atoms with E-state index in [9.17, 15) is 0 Å². The lowest BCUT2D eigenvalue weighted by Crippen LogP contribution is -2.32. The number of thiocarbonyl (C=S) groups is 1. The molecule has 1 aromatic carbocycles. The van der Waals surface area contributed by atoms with Crippen molar-refractivity contribution in [3.8, 4) is 0 Å². The van der Waals surface area contributed by atoms with Gasteiger partial charge in [0, 0.05) is 18.8 Å². The molecule has 0 aromatic heterocycles. The normalized spacial score (nSPS) is 16.1. The Hall–Kier alpha value is -0.540. The zero-order valence-corrected chi connectivity index (χ0v) is 11.0. The van der Waals surface area contributed by atoms with E-state index in [4.69, 9.17) is 12.2 Å². The van der Waals surface area contributed by atoms with E-state index in [1.807, 2.05) is 0 Å². The second kappa shape index (κ2) is 6.26. The Morgan fingerprint density at radius 2 is 1.81 bits per heavy atom. The molecule has 3 heteroatoms. The van der Waals surface area contributed by atoms with Gasteiger partial charge in [-0.3, -0.25) is 0 Å². The number of nitrogens with zero attached hydrogens (tertiary/aromatic N) is 1. The molecule has 0 aliphatic carbocycles. The lowest BCUT2D eigenvalue weighted by Gasteiger charge is -2.28. The van der Waals surface area contributed by atoms with E-state index < -0.39 is 0 Å². The van der Waals surface area contributed by atoms with Gasteiger partial charge in [-0.2, -0.15) is 0 Å². The number of hydrogen-bond donors (Lipinski definition) is 0. The van der Waals surface area contributed by atoms with Gasteiger partial charge in [0.15, 0.2) is 0 Å². The Kier molecular flexibility index (Phi) is 4.67. The summed E-state index contributed by atoms with van der Waals surface area (Å²) in [6, 6.07) is 10.5. The first-order chi connectivity index (χ1) is 7.86. The van der Waals surface area contributed by atoms with Gasteiger partial charge >= 0.3 is 0 Å². The summed E-state index contributed by atoms with van der Waals surface area (Å²) in [5.41, 5.74) is 1.35. The van der Waals surface area contributed by atoms with Gasteiger partial charge in [0.2, 0.25) is 0 Å². The van der Waals surface area contributed by atoms with Gasteiger partial charge in [0.05, 0.1) is 0 Å². The Morgan fingerprint density at radius 3 is 2.50 bits per heavy atom. The molecule has 1 heterocycles. The van der Waals surface area contributed by atoms with Crippen molar-refractivity contribution in [2.24, 2.45) is 0 Å². The Bertz CT molecular complexity index is 331. The summed E-state index contributed by atoms with van der Waals surface area (Å²) >= 11 is 7.26. The Balaban J connectivity index is 1.79. The molecule has 1 saturated heterocycles. The third-order valence-electron chi connectivity index (χ3n) is 2.82. The van der Waals surface area contributed by atoms with Gasteiger partial charge in [-0.25, -0.2) is 0 Å². The molecule has 0 spiro atoms. The van der Waals surface area contributed by atoms with Crippen LogP contribution in [0.15, 0.2) is 30.3 Å². The molecule has 1 nitrogen and oxygen atoms in total. The van der Waals surface area contributed by atoms with E-state index in [-0.39, 0.29) is 0 Å². The minimum absolute atomic E-state index is 0.996. The highest BCUT2D eigenvalue weighted by molar-refractivity contribution is 8.22. The first-order valence-electron chi connectivity index (χ1n) is 5.82. The Morgan fingerprint density at radius 1 is 1.12 bits per heavy atom. The molecule has 0 saturated carbocycles. The molecule has 0 N–H and O–H groups in total. The number of piperidine rings is 1. The fraction of sp³-hybridized carbons (Fsp3) is 0.462. The van der Waals surface area contributed by atoms with Crippen LogP contribution in [0.5, 0.6) is 0 Å². The van der Waals surface area contributed by atoms with Gasteiger partial charge in [-0.05, 0) is 24.8 Å². The van der Waals surface area contributed by atoms with Crippen LogP contribution >= 0.6 is 24.0 Å². The number of hydrogen-bond acceptors (Lipinski definition) is 2. The summed E-state index contributed by atoms with van der Waals surface area (Å²) in [4.78, 5) is 2.35. The average molecular weight is 251 g/mol. The molecule has 86 valence electrons. The van der Waals surface area contributed by atoms with E-state index in [0.717, 1.165) is 23.2 Å². The van der Waals surface area contributed by atoms with Crippen LogP contribution in [-0.4, -0.2) is 22.3 Å². The van der Waals surface area contributed by atoms with Crippen molar-refractivity contribution in [2.45, 2.75) is 25.0 Å². The molecule has 0 amide bonds. The predicted octanol–water partition coefficient (Wildman–Crippen LogP) is 3.69. The van der Waals surface area contributed by atoms with Gasteiger partial charge in [-0.15, -0.1) is 0 Å². The molecular weight excluding hydrogens is 234 g/mol. The minimum atomic E-state index is 0.996. The van der Waals surface area contributed by atoms with Crippen LogP contribution in [-0.2, 0) is 5.75 Å². The second-order valence-corrected chi connectivity index (χ2v) is 5.70. The minimum Gasteiger partial charge on any atom is -0.358 e. The Labute approximate surface area is 107 Å². The standard InChI is InChI=1S/C13H17NS2/c15-13(14-9-5-2-6-10-14)16-11-12-7-3-1-4-8-12/h1,3-4,7-8H,2,5-6,9-11H2. The highest BCUT2D eigenvalue weighted by atomic mass is 32.2. The van der Waals surface area contributed by atoms with Crippen molar-refractivity contribution >= 4 is 28.3 Å². The molecule has 1 aliphatic heterocycles. The van der Waals surface area contributed by atoms with Crippen molar-refractivity contribution < 1.29 is 0 Å². The van der Waals surface area contributed by atoms with Crippen LogP contribution in [0.2, 0.25) is 0 Å². The van der Waals surface area contributed by atoms with E-state index in [2.05, 4.69) is 35.2 Å². The van der Waals surface area contributed by atoms with Crippen LogP contribution in [0.25, 0.3) is 0 Å². The maximum absolute atomic E-state index is 5.46. The van der Waals surface area contributed by atoms with Crippen molar-refractivity contribution in [3.05, 3.63) is 35.9 Å². The van der Waals surface area contributed by atoms with Gasteiger partial charge in [-0.1, -0.05) is 54.3 Å². The topological polar surface area (TPSA) is 3.24 Å². The van der Waals surface area contributed by atoms with Gasteiger partial charge < -0.3 is 4.90 Å². The number of rotatable bonds is 2. The van der Waals surface area contributed by atoms with Crippen LogP contribution in [0.1, 0.15) is 24.8 Å². The third kappa shape index (κ3) is 3.49. The highest BCUT2D eigenvalue weighted by Gasteiger charge is 2.13. The van der Waals surface area contributed by atoms with Crippen LogP contribution < -0.4 is 0 Å². The molecule has 0 radical (unpaired) electrons. The van der Waals surface area contributed by atoms with E-state index in [0.29, 0.717) is 0 Å². The summed E-state index contributed by atoms with van der Waals surface area (Å²) in [6.07, 6.45) is 3.96. The summed E-state index contributed by atoms with van der Waals surface area (Å²) in [7, 11) is 0. The summed E-state index contributed by atoms with van der Waals surface area (Å²) < 4.78 is 1.07. The van der Waals surface area contributed by atoms with Crippen molar-refractivity contribution in [1.29, 1.82) is 0 Å². The third-order valence-corrected chi connectivity index (χ3v) is 4.41. The molecule has 16 heavy (non-hydrogen) atoms. The first kappa shape index (κ1) is 11.9. The van der Waals surface area contributed by atoms with Crippen LogP contribution in [0, 0.1) is 0 Å². The molecule has 0 unspecified atom stereocenters. The van der Waals surface area contributed by atoms with E-state index in [1.54, 1.807) is 11.8 Å². The largest absolute Gasteiger partial charge is 0.358 e. The molecule has 1 fully saturated rings. The fourth-order valence-electron chi connectivity index (χ4n) is 1.89. The average Bonchev–Trinajstić information content (AvgIpc) is 2.38.